The van der Waals surface area contributed by atoms with Crippen molar-refractivity contribution in [3.8, 4) is 0 Å². The van der Waals surface area contributed by atoms with Crippen molar-refractivity contribution in [1.29, 1.82) is 0 Å². The molecule has 0 rings (SSSR count). The van der Waals surface area contributed by atoms with Crippen molar-refractivity contribution < 1.29 is 14.3 Å². The lowest BCUT2D eigenvalue weighted by Crippen LogP contribution is -2.49. The van der Waals surface area contributed by atoms with Gasteiger partial charge in [-0.05, 0) is 20.3 Å². The van der Waals surface area contributed by atoms with Crippen LogP contribution < -0.4 is 11.1 Å². The Bertz CT molecular complexity index is 320. The van der Waals surface area contributed by atoms with Crippen LogP contribution in [0.4, 0.5) is 0 Å². The number of hydrogen-bond acceptors (Lipinski definition) is 4. The first-order valence-electron chi connectivity index (χ1n) is 5.45. The zero-order valence-corrected chi connectivity index (χ0v) is 11.5. The lowest BCUT2D eigenvalue weighted by atomic mass is 9.86. The topological polar surface area (TPSA) is 81.4 Å². The number of amides is 1. The van der Waals surface area contributed by atoms with E-state index < -0.39 is 5.41 Å². The Labute approximate surface area is 107 Å². The Morgan fingerprint density at radius 2 is 2.06 bits per heavy atom. The standard InChI is InChI=1S/C11H20N2O3S/c1-5-11(3,9(12)17)10(15)13-7(2)6-8(14)16-4/h7H,5-6H2,1-4H3,(H2,12,17)(H,13,15). The number of rotatable bonds is 6. The Hall–Kier alpha value is -1.17. The molecule has 17 heavy (non-hydrogen) atoms. The molecule has 0 aliphatic carbocycles. The fraction of sp³-hybridized carbons (Fsp3) is 0.727. The molecule has 0 aliphatic rings. The van der Waals surface area contributed by atoms with Crippen molar-refractivity contribution in [2.45, 2.75) is 39.7 Å². The molecule has 0 saturated heterocycles. The molecule has 1 amide bonds. The van der Waals surface area contributed by atoms with E-state index in [1.807, 2.05) is 6.92 Å². The molecule has 0 radical (unpaired) electrons. The SMILES string of the molecule is CCC(C)(C(=O)NC(C)CC(=O)OC)C(N)=S. The van der Waals surface area contributed by atoms with Gasteiger partial charge in [0.15, 0.2) is 0 Å². The highest BCUT2D eigenvalue weighted by Crippen LogP contribution is 2.22. The maximum Gasteiger partial charge on any atom is 0.307 e. The molecule has 0 aromatic rings. The summed E-state index contributed by atoms with van der Waals surface area (Å²) in [5.41, 5.74) is 4.69. The van der Waals surface area contributed by atoms with E-state index in [0.29, 0.717) is 6.42 Å². The molecule has 0 aliphatic heterocycles. The smallest absolute Gasteiger partial charge is 0.307 e. The molecule has 0 saturated carbocycles. The van der Waals surface area contributed by atoms with Gasteiger partial charge in [-0.25, -0.2) is 0 Å². The summed E-state index contributed by atoms with van der Waals surface area (Å²) in [5.74, 6) is -0.629. The van der Waals surface area contributed by atoms with Crippen LogP contribution in [-0.2, 0) is 14.3 Å². The molecule has 5 nitrogen and oxygen atoms in total. The van der Waals surface area contributed by atoms with E-state index in [9.17, 15) is 9.59 Å². The van der Waals surface area contributed by atoms with Gasteiger partial charge < -0.3 is 15.8 Å². The molecule has 3 N–H and O–H groups in total. The Morgan fingerprint density at radius 1 is 1.53 bits per heavy atom. The second-order valence-corrected chi connectivity index (χ2v) is 4.64. The van der Waals surface area contributed by atoms with Crippen LogP contribution >= 0.6 is 12.2 Å². The van der Waals surface area contributed by atoms with E-state index in [2.05, 4.69) is 10.1 Å². The molecule has 0 fully saturated rings. The number of ether oxygens (including phenoxy) is 1. The van der Waals surface area contributed by atoms with Gasteiger partial charge in [0.2, 0.25) is 5.91 Å². The Balaban J connectivity index is 4.52. The Morgan fingerprint density at radius 3 is 2.41 bits per heavy atom. The third-order valence-electron chi connectivity index (χ3n) is 2.83. The minimum atomic E-state index is -0.875. The van der Waals surface area contributed by atoms with Gasteiger partial charge in [-0.1, -0.05) is 19.1 Å². The highest BCUT2D eigenvalue weighted by Gasteiger charge is 2.35. The summed E-state index contributed by atoms with van der Waals surface area (Å²) in [5, 5.41) is 2.71. The van der Waals surface area contributed by atoms with Crippen LogP contribution in [0, 0.1) is 5.41 Å². The lowest BCUT2D eigenvalue weighted by Gasteiger charge is -2.27. The number of hydrogen-bond donors (Lipinski definition) is 2. The van der Waals surface area contributed by atoms with E-state index in [1.54, 1.807) is 13.8 Å². The van der Waals surface area contributed by atoms with Gasteiger partial charge in [0, 0.05) is 6.04 Å². The molecule has 2 unspecified atom stereocenters. The second kappa shape index (κ2) is 6.54. The third-order valence-corrected chi connectivity index (χ3v) is 3.28. The van der Waals surface area contributed by atoms with Crippen molar-refractivity contribution in [3.05, 3.63) is 0 Å². The number of carbonyl (C=O) groups is 2. The minimum absolute atomic E-state index is 0.124. The van der Waals surface area contributed by atoms with Gasteiger partial charge in [0.05, 0.1) is 23.9 Å². The van der Waals surface area contributed by atoms with Crippen LogP contribution in [0.5, 0.6) is 0 Å². The van der Waals surface area contributed by atoms with Crippen molar-refractivity contribution in [2.75, 3.05) is 7.11 Å². The van der Waals surface area contributed by atoms with Gasteiger partial charge in [-0.15, -0.1) is 0 Å². The largest absolute Gasteiger partial charge is 0.469 e. The summed E-state index contributed by atoms with van der Waals surface area (Å²) in [4.78, 5) is 23.2. The number of methoxy groups -OCH3 is 1. The first-order chi connectivity index (χ1) is 7.77. The van der Waals surface area contributed by atoms with E-state index in [1.165, 1.54) is 7.11 Å². The molecular weight excluding hydrogens is 240 g/mol. The van der Waals surface area contributed by atoms with Crippen LogP contribution in [0.2, 0.25) is 0 Å². The summed E-state index contributed by atoms with van der Waals surface area (Å²) >= 11 is 4.89. The van der Waals surface area contributed by atoms with Crippen LogP contribution in [-0.4, -0.2) is 30.0 Å². The average molecular weight is 260 g/mol. The normalized spacial score (nSPS) is 15.5. The zero-order valence-electron chi connectivity index (χ0n) is 10.7. The molecule has 0 bridgehead atoms. The van der Waals surface area contributed by atoms with Crippen molar-refractivity contribution in [2.24, 2.45) is 11.1 Å². The number of thiocarbonyl (C=S) groups is 1. The molecule has 98 valence electrons. The molecule has 2 atom stereocenters. The van der Waals surface area contributed by atoms with Gasteiger partial charge in [0.1, 0.15) is 0 Å². The molecule has 0 aromatic heterocycles. The van der Waals surface area contributed by atoms with Gasteiger partial charge in [-0.3, -0.25) is 9.59 Å². The van der Waals surface area contributed by atoms with E-state index in [0.717, 1.165) is 0 Å². The van der Waals surface area contributed by atoms with Crippen LogP contribution in [0.1, 0.15) is 33.6 Å². The summed E-state index contributed by atoms with van der Waals surface area (Å²) < 4.78 is 4.52. The predicted molar refractivity (Wildman–Crippen MR) is 69.4 cm³/mol. The van der Waals surface area contributed by atoms with Crippen molar-refractivity contribution >= 4 is 29.1 Å². The van der Waals surface area contributed by atoms with Crippen molar-refractivity contribution in [3.63, 3.8) is 0 Å². The highest BCUT2D eigenvalue weighted by molar-refractivity contribution is 7.80. The lowest BCUT2D eigenvalue weighted by molar-refractivity contribution is -0.141. The quantitative estimate of drug-likeness (QED) is 0.544. The van der Waals surface area contributed by atoms with Gasteiger partial charge >= 0.3 is 5.97 Å². The van der Waals surface area contributed by atoms with Crippen LogP contribution in [0.15, 0.2) is 0 Å². The predicted octanol–water partition coefficient (Wildman–Crippen LogP) is 0.757. The summed E-state index contributed by atoms with van der Waals surface area (Å²) in [6.45, 7) is 5.25. The fourth-order valence-corrected chi connectivity index (χ4v) is 1.45. The second-order valence-electron chi connectivity index (χ2n) is 4.20. The van der Waals surface area contributed by atoms with Crippen molar-refractivity contribution in [1.82, 2.24) is 5.32 Å². The average Bonchev–Trinajstić information content (AvgIpc) is 2.26. The Kier molecular flexibility index (Phi) is 6.09. The molecule has 0 aromatic carbocycles. The summed E-state index contributed by atoms with van der Waals surface area (Å²) in [7, 11) is 1.31. The number of esters is 1. The van der Waals surface area contributed by atoms with Crippen LogP contribution in [0.3, 0.4) is 0 Å². The first-order valence-corrected chi connectivity index (χ1v) is 5.86. The van der Waals surface area contributed by atoms with Gasteiger partial charge in [-0.2, -0.15) is 0 Å². The number of nitrogens with one attached hydrogen (secondary N) is 1. The molecule has 0 heterocycles. The minimum Gasteiger partial charge on any atom is -0.469 e. The van der Waals surface area contributed by atoms with E-state index in [-0.39, 0.29) is 29.3 Å². The molecule has 6 heteroatoms. The monoisotopic (exact) mass is 260 g/mol. The maximum atomic E-state index is 12.0. The zero-order chi connectivity index (χ0) is 13.6. The number of nitrogens with two attached hydrogens (primary N) is 1. The van der Waals surface area contributed by atoms with Gasteiger partial charge in [0.25, 0.3) is 0 Å². The summed E-state index contributed by atoms with van der Waals surface area (Å²) in [6.07, 6.45) is 0.637. The first kappa shape index (κ1) is 15.8. The number of carbonyl (C=O) groups excluding carboxylic acids is 2. The van der Waals surface area contributed by atoms with E-state index in [4.69, 9.17) is 18.0 Å². The molecule has 0 spiro atoms. The van der Waals surface area contributed by atoms with E-state index >= 15 is 0 Å². The highest BCUT2D eigenvalue weighted by atomic mass is 32.1. The third kappa shape index (κ3) is 4.30. The fourth-order valence-electron chi connectivity index (χ4n) is 1.21. The maximum absolute atomic E-state index is 12.0. The molecular formula is C11H20N2O3S. The summed E-state index contributed by atoms with van der Waals surface area (Å²) in [6, 6.07) is -0.310. The van der Waals surface area contributed by atoms with Crippen LogP contribution in [0.25, 0.3) is 0 Å².